The van der Waals surface area contributed by atoms with Crippen LogP contribution in [0.15, 0.2) is 30.6 Å². The molecule has 0 saturated carbocycles. The van der Waals surface area contributed by atoms with Crippen molar-refractivity contribution in [2.45, 2.75) is 39.3 Å². The molecule has 2 aromatic rings. The van der Waals surface area contributed by atoms with Crippen LogP contribution < -0.4 is 10.5 Å². The van der Waals surface area contributed by atoms with E-state index in [1.54, 1.807) is 6.07 Å². The first-order valence-corrected chi connectivity index (χ1v) is 8.68. The molecule has 0 unspecified atom stereocenters. The zero-order chi connectivity index (χ0) is 17.7. The summed E-state index contributed by atoms with van der Waals surface area (Å²) in [5.74, 6) is 0.723. The van der Waals surface area contributed by atoms with E-state index in [1.165, 1.54) is 0 Å². The van der Waals surface area contributed by atoms with Gasteiger partial charge in [-0.2, -0.15) is 0 Å². The van der Waals surface area contributed by atoms with E-state index in [9.17, 15) is 0 Å². The standard InChI is InChI=1S/C18H24Cl2N2O2/c1-18(2,3)24-12-23-17-11-22(8-4-7-21)10-15(17)14-6-5-13(19)9-16(14)20/h5-6,9-11H,4,7-8,12,21H2,1-3H3. The van der Waals surface area contributed by atoms with Gasteiger partial charge >= 0.3 is 0 Å². The lowest BCUT2D eigenvalue weighted by Gasteiger charge is -2.19. The fourth-order valence-electron chi connectivity index (χ4n) is 2.18. The second kappa shape index (κ2) is 8.26. The van der Waals surface area contributed by atoms with Crippen molar-refractivity contribution in [2.24, 2.45) is 5.73 Å². The monoisotopic (exact) mass is 370 g/mol. The summed E-state index contributed by atoms with van der Waals surface area (Å²) >= 11 is 12.4. The van der Waals surface area contributed by atoms with Crippen molar-refractivity contribution in [1.82, 2.24) is 4.57 Å². The minimum absolute atomic E-state index is 0.169. The zero-order valence-corrected chi connectivity index (χ0v) is 15.8. The normalized spacial score (nSPS) is 11.8. The van der Waals surface area contributed by atoms with E-state index in [0.29, 0.717) is 16.6 Å². The Bertz CT molecular complexity index is 678. The first-order valence-electron chi connectivity index (χ1n) is 7.92. The number of nitrogens with two attached hydrogens (primary N) is 1. The molecular weight excluding hydrogens is 347 g/mol. The van der Waals surface area contributed by atoms with Crippen LogP contribution in [-0.4, -0.2) is 23.5 Å². The second-order valence-electron chi connectivity index (χ2n) is 6.56. The zero-order valence-electron chi connectivity index (χ0n) is 14.3. The highest BCUT2D eigenvalue weighted by Gasteiger charge is 2.16. The van der Waals surface area contributed by atoms with Crippen molar-refractivity contribution in [2.75, 3.05) is 13.3 Å². The summed E-state index contributed by atoms with van der Waals surface area (Å²) in [6.45, 7) is 7.58. The Kier molecular flexibility index (Phi) is 6.58. The molecule has 1 aromatic heterocycles. The molecular formula is C18H24Cl2N2O2. The molecule has 0 atom stereocenters. The summed E-state index contributed by atoms with van der Waals surface area (Å²) in [7, 11) is 0. The lowest BCUT2D eigenvalue weighted by Crippen LogP contribution is -2.22. The molecule has 0 aliphatic carbocycles. The van der Waals surface area contributed by atoms with Crippen molar-refractivity contribution < 1.29 is 9.47 Å². The van der Waals surface area contributed by atoms with Gasteiger partial charge < -0.3 is 19.8 Å². The van der Waals surface area contributed by atoms with Gasteiger partial charge in [-0.25, -0.2) is 0 Å². The lowest BCUT2D eigenvalue weighted by molar-refractivity contribution is -0.0756. The molecule has 1 heterocycles. The molecule has 6 heteroatoms. The molecule has 4 nitrogen and oxygen atoms in total. The highest BCUT2D eigenvalue weighted by atomic mass is 35.5. The van der Waals surface area contributed by atoms with Crippen molar-refractivity contribution in [1.29, 1.82) is 0 Å². The number of hydrogen-bond acceptors (Lipinski definition) is 3. The highest BCUT2D eigenvalue weighted by molar-refractivity contribution is 6.36. The number of aryl methyl sites for hydroxylation is 1. The fourth-order valence-corrected chi connectivity index (χ4v) is 2.70. The molecule has 0 fully saturated rings. The Morgan fingerprint density at radius 1 is 1.12 bits per heavy atom. The topological polar surface area (TPSA) is 49.4 Å². The predicted molar refractivity (Wildman–Crippen MR) is 99.9 cm³/mol. The van der Waals surface area contributed by atoms with Gasteiger partial charge in [0.25, 0.3) is 0 Å². The van der Waals surface area contributed by atoms with Gasteiger partial charge in [0, 0.05) is 35.1 Å². The van der Waals surface area contributed by atoms with Gasteiger partial charge in [-0.3, -0.25) is 0 Å². The number of halogens is 2. The molecule has 132 valence electrons. The van der Waals surface area contributed by atoms with E-state index in [2.05, 4.69) is 4.57 Å². The van der Waals surface area contributed by atoms with Crippen molar-refractivity contribution >= 4 is 23.2 Å². The molecule has 0 spiro atoms. The average molecular weight is 371 g/mol. The minimum atomic E-state index is -0.264. The second-order valence-corrected chi connectivity index (χ2v) is 7.40. The molecule has 0 radical (unpaired) electrons. The van der Waals surface area contributed by atoms with Crippen molar-refractivity contribution in [3.8, 4) is 16.9 Å². The van der Waals surface area contributed by atoms with E-state index in [1.807, 2.05) is 45.3 Å². The Morgan fingerprint density at radius 3 is 2.50 bits per heavy atom. The first kappa shape index (κ1) is 19.1. The number of nitrogens with zero attached hydrogens (tertiary/aromatic N) is 1. The largest absolute Gasteiger partial charge is 0.465 e. The molecule has 24 heavy (non-hydrogen) atoms. The molecule has 0 saturated heterocycles. The maximum absolute atomic E-state index is 6.36. The van der Waals surface area contributed by atoms with Gasteiger partial charge in [-0.15, -0.1) is 0 Å². The fraction of sp³-hybridized carbons (Fsp3) is 0.444. The first-order chi connectivity index (χ1) is 11.3. The summed E-state index contributed by atoms with van der Waals surface area (Å²) in [5, 5.41) is 1.19. The summed E-state index contributed by atoms with van der Waals surface area (Å²) < 4.78 is 13.6. The predicted octanol–water partition coefficient (Wildman–Crippen LogP) is 4.96. The quantitative estimate of drug-likeness (QED) is 0.700. The van der Waals surface area contributed by atoms with Crippen LogP contribution in [0.2, 0.25) is 10.0 Å². The molecule has 1 aromatic carbocycles. The minimum Gasteiger partial charge on any atom is -0.465 e. The van der Waals surface area contributed by atoms with Crippen LogP contribution in [0.4, 0.5) is 0 Å². The van der Waals surface area contributed by atoms with Crippen LogP contribution in [0.25, 0.3) is 11.1 Å². The summed E-state index contributed by atoms with van der Waals surface area (Å²) in [6, 6.07) is 5.44. The maximum Gasteiger partial charge on any atom is 0.189 e. The SMILES string of the molecule is CC(C)(C)OCOc1cn(CCCN)cc1-c1ccc(Cl)cc1Cl. The van der Waals surface area contributed by atoms with Crippen LogP contribution in [0.1, 0.15) is 27.2 Å². The third-order valence-electron chi connectivity index (χ3n) is 3.39. The van der Waals surface area contributed by atoms with Gasteiger partial charge in [0.2, 0.25) is 0 Å². The van der Waals surface area contributed by atoms with E-state index in [4.69, 9.17) is 38.4 Å². The Hall–Kier alpha value is -1.20. The van der Waals surface area contributed by atoms with E-state index >= 15 is 0 Å². The highest BCUT2D eigenvalue weighted by Crippen LogP contribution is 2.37. The van der Waals surface area contributed by atoms with Crippen LogP contribution in [0, 0.1) is 0 Å². The summed E-state index contributed by atoms with van der Waals surface area (Å²) in [6.07, 6.45) is 4.85. The van der Waals surface area contributed by atoms with Crippen LogP contribution in [-0.2, 0) is 11.3 Å². The maximum atomic E-state index is 6.36. The summed E-state index contributed by atoms with van der Waals surface area (Å²) in [4.78, 5) is 0. The molecule has 2 rings (SSSR count). The van der Waals surface area contributed by atoms with E-state index in [-0.39, 0.29) is 12.4 Å². The molecule has 0 amide bonds. The number of hydrogen-bond donors (Lipinski definition) is 1. The van der Waals surface area contributed by atoms with E-state index < -0.39 is 0 Å². The van der Waals surface area contributed by atoms with Gasteiger partial charge in [-0.05, 0) is 45.9 Å². The Morgan fingerprint density at radius 2 is 1.88 bits per heavy atom. The van der Waals surface area contributed by atoms with Crippen LogP contribution in [0.5, 0.6) is 5.75 Å². The molecule has 0 aliphatic rings. The third-order valence-corrected chi connectivity index (χ3v) is 3.94. The number of ether oxygens (including phenoxy) is 2. The average Bonchev–Trinajstić information content (AvgIpc) is 2.87. The van der Waals surface area contributed by atoms with Gasteiger partial charge in [0.1, 0.15) is 5.75 Å². The Labute approximate surface area is 153 Å². The lowest BCUT2D eigenvalue weighted by atomic mass is 10.1. The molecule has 0 aliphatic heterocycles. The third kappa shape index (κ3) is 5.42. The number of benzene rings is 1. The molecule has 0 bridgehead atoms. The van der Waals surface area contributed by atoms with E-state index in [0.717, 1.165) is 29.8 Å². The number of aromatic nitrogens is 1. The van der Waals surface area contributed by atoms with Crippen molar-refractivity contribution in [3.05, 3.63) is 40.6 Å². The van der Waals surface area contributed by atoms with Crippen molar-refractivity contribution in [3.63, 3.8) is 0 Å². The van der Waals surface area contributed by atoms with Gasteiger partial charge in [0.15, 0.2) is 6.79 Å². The Balaban J connectivity index is 2.27. The van der Waals surface area contributed by atoms with Crippen LogP contribution in [0.3, 0.4) is 0 Å². The molecule has 2 N–H and O–H groups in total. The van der Waals surface area contributed by atoms with Gasteiger partial charge in [0.05, 0.1) is 10.6 Å². The van der Waals surface area contributed by atoms with Crippen LogP contribution >= 0.6 is 23.2 Å². The summed E-state index contributed by atoms with van der Waals surface area (Å²) in [5.41, 5.74) is 7.12. The number of rotatable bonds is 7. The van der Waals surface area contributed by atoms with Gasteiger partial charge in [-0.1, -0.05) is 29.3 Å². The smallest absolute Gasteiger partial charge is 0.189 e.